The molecular weight excluding hydrogens is 319 g/mol. The van der Waals surface area contributed by atoms with E-state index in [1.807, 2.05) is 19.2 Å². The first-order valence-electron chi connectivity index (χ1n) is 8.90. The number of hydrogen-bond acceptors (Lipinski definition) is 2. The molecule has 0 bridgehead atoms. The highest BCUT2D eigenvalue weighted by Gasteiger charge is 2.29. The van der Waals surface area contributed by atoms with Gasteiger partial charge in [-0.1, -0.05) is 32.0 Å². The molecule has 0 aliphatic carbocycles. The molecule has 0 spiro atoms. The van der Waals surface area contributed by atoms with Crippen LogP contribution >= 0.6 is 0 Å². The van der Waals surface area contributed by atoms with E-state index in [9.17, 15) is 9.18 Å². The van der Waals surface area contributed by atoms with E-state index >= 15 is 0 Å². The first-order valence-corrected chi connectivity index (χ1v) is 8.90. The molecule has 0 radical (unpaired) electrons. The Hall–Kier alpha value is -2.37. The van der Waals surface area contributed by atoms with Crippen molar-refractivity contribution in [3.05, 3.63) is 46.9 Å². The van der Waals surface area contributed by atoms with Gasteiger partial charge in [0.2, 0.25) is 0 Å². The van der Waals surface area contributed by atoms with Gasteiger partial charge in [-0.3, -0.25) is 10.00 Å². The SMILES string of the molecule is CCc1nn(C)c(NC(=O)N2CC[C@@H](c3ccccc3F)C2)c1CC. The number of carbonyl (C=O) groups is 1. The van der Waals surface area contributed by atoms with E-state index in [0.29, 0.717) is 18.7 Å². The van der Waals surface area contributed by atoms with Crippen molar-refractivity contribution in [2.24, 2.45) is 7.05 Å². The maximum atomic E-state index is 14.0. The number of aryl methyl sites for hydroxylation is 2. The number of rotatable bonds is 4. The summed E-state index contributed by atoms with van der Waals surface area (Å²) in [6, 6.07) is 6.69. The van der Waals surface area contributed by atoms with E-state index in [2.05, 4.69) is 24.3 Å². The molecule has 0 unspecified atom stereocenters. The van der Waals surface area contributed by atoms with E-state index in [4.69, 9.17) is 0 Å². The smallest absolute Gasteiger partial charge is 0.323 e. The maximum absolute atomic E-state index is 14.0. The van der Waals surface area contributed by atoms with Gasteiger partial charge in [0.05, 0.1) is 5.69 Å². The van der Waals surface area contributed by atoms with Crippen molar-refractivity contribution in [3.8, 4) is 0 Å². The molecule has 2 heterocycles. The Balaban J connectivity index is 1.71. The lowest BCUT2D eigenvalue weighted by Gasteiger charge is -2.18. The van der Waals surface area contributed by atoms with Gasteiger partial charge in [-0.05, 0) is 30.9 Å². The summed E-state index contributed by atoms with van der Waals surface area (Å²) in [5, 5.41) is 7.49. The van der Waals surface area contributed by atoms with Gasteiger partial charge in [-0.25, -0.2) is 9.18 Å². The number of urea groups is 1. The van der Waals surface area contributed by atoms with Crippen molar-refractivity contribution in [2.45, 2.75) is 39.0 Å². The number of hydrogen-bond donors (Lipinski definition) is 1. The Labute approximate surface area is 147 Å². The van der Waals surface area contributed by atoms with Gasteiger partial charge in [-0.2, -0.15) is 5.10 Å². The van der Waals surface area contributed by atoms with Gasteiger partial charge in [0.15, 0.2) is 0 Å². The number of aromatic nitrogens is 2. The summed E-state index contributed by atoms with van der Waals surface area (Å²) < 4.78 is 15.7. The van der Waals surface area contributed by atoms with Gasteiger partial charge < -0.3 is 4.90 Å². The second kappa shape index (κ2) is 7.25. The quantitative estimate of drug-likeness (QED) is 0.919. The third kappa shape index (κ3) is 3.38. The van der Waals surface area contributed by atoms with E-state index in [1.165, 1.54) is 6.07 Å². The van der Waals surface area contributed by atoms with Gasteiger partial charge in [0.1, 0.15) is 11.6 Å². The number of carbonyl (C=O) groups excluding carboxylic acids is 1. The molecule has 2 aromatic rings. The Bertz CT molecular complexity index is 771. The van der Waals surface area contributed by atoms with Gasteiger partial charge in [0.25, 0.3) is 0 Å². The molecular formula is C19H25FN4O. The topological polar surface area (TPSA) is 50.2 Å². The molecule has 5 nitrogen and oxygen atoms in total. The zero-order valence-corrected chi connectivity index (χ0v) is 15.1. The summed E-state index contributed by atoms with van der Waals surface area (Å²) in [6.07, 6.45) is 2.44. The fourth-order valence-corrected chi connectivity index (χ4v) is 3.62. The van der Waals surface area contributed by atoms with Crippen LogP contribution in [-0.4, -0.2) is 33.8 Å². The lowest BCUT2D eigenvalue weighted by Crippen LogP contribution is -2.33. The monoisotopic (exact) mass is 344 g/mol. The lowest BCUT2D eigenvalue weighted by molar-refractivity contribution is 0.221. The zero-order chi connectivity index (χ0) is 18.0. The molecule has 6 heteroatoms. The molecule has 1 saturated heterocycles. The average Bonchev–Trinajstić information content (AvgIpc) is 3.20. The second-order valence-corrected chi connectivity index (χ2v) is 6.49. The first-order chi connectivity index (χ1) is 12.0. The summed E-state index contributed by atoms with van der Waals surface area (Å²) in [4.78, 5) is 14.4. The van der Waals surface area contributed by atoms with E-state index in [-0.39, 0.29) is 17.8 Å². The molecule has 25 heavy (non-hydrogen) atoms. The lowest BCUT2D eigenvalue weighted by atomic mass is 9.98. The normalized spacial score (nSPS) is 17.1. The largest absolute Gasteiger partial charge is 0.324 e. The molecule has 1 aliphatic rings. The molecule has 3 rings (SSSR count). The molecule has 0 saturated carbocycles. The van der Waals surface area contributed by atoms with Crippen molar-refractivity contribution in [1.82, 2.24) is 14.7 Å². The minimum atomic E-state index is -0.192. The Morgan fingerprint density at radius 2 is 2.08 bits per heavy atom. The van der Waals surface area contributed by atoms with E-state index in [0.717, 1.165) is 36.3 Å². The maximum Gasteiger partial charge on any atom is 0.323 e. The van der Waals surface area contributed by atoms with Crippen LogP contribution in [0.2, 0.25) is 0 Å². The van der Waals surface area contributed by atoms with Crippen LogP contribution in [-0.2, 0) is 19.9 Å². The van der Waals surface area contributed by atoms with E-state index < -0.39 is 0 Å². The van der Waals surface area contributed by atoms with Crippen molar-refractivity contribution in [1.29, 1.82) is 0 Å². The van der Waals surface area contributed by atoms with Crippen molar-refractivity contribution < 1.29 is 9.18 Å². The Morgan fingerprint density at radius 1 is 1.32 bits per heavy atom. The van der Waals surface area contributed by atoms with Gasteiger partial charge in [0, 0.05) is 31.6 Å². The molecule has 2 amide bonds. The molecule has 1 aromatic heterocycles. The minimum absolute atomic E-state index is 0.0512. The highest BCUT2D eigenvalue weighted by molar-refractivity contribution is 5.89. The third-order valence-electron chi connectivity index (χ3n) is 4.96. The molecule has 134 valence electrons. The zero-order valence-electron chi connectivity index (χ0n) is 15.1. The van der Waals surface area contributed by atoms with Crippen LogP contribution in [0, 0.1) is 5.82 Å². The van der Waals surface area contributed by atoms with Gasteiger partial charge in [-0.15, -0.1) is 0 Å². The highest BCUT2D eigenvalue weighted by Crippen LogP contribution is 2.29. The first kappa shape index (κ1) is 17.5. The number of anilines is 1. The van der Waals surface area contributed by atoms with Crippen molar-refractivity contribution in [2.75, 3.05) is 18.4 Å². The van der Waals surface area contributed by atoms with Crippen molar-refractivity contribution >= 4 is 11.8 Å². The van der Waals surface area contributed by atoms with Crippen LogP contribution in [0.3, 0.4) is 0 Å². The van der Waals surface area contributed by atoms with Crippen LogP contribution in [0.4, 0.5) is 15.0 Å². The number of nitrogens with zero attached hydrogens (tertiary/aromatic N) is 3. The number of likely N-dealkylation sites (tertiary alicyclic amines) is 1. The predicted molar refractivity (Wildman–Crippen MR) is 96.3 cm³/mol. The summed E-state index contributed by atoms with van der Waals surface area (Å²) in [6.45, 7) is 5.29. The van der Waals surface area contributed by atoms with Gasteiger partial charge >= 0.3 is 6.03 Å². The number of benzene rings is 1. The third-order valence-corrected chi connectivity index (χ3v) is 4.96. The minimum Gasteiger partial charge on any atom is -0.324 e. The van der Waals surface area contributed by atoms with Crippen LogP contribution in [0.15, 0.2) is 24.3 Å². The summed E-state index contributed by atoms with van der Waals surface area (Å²) >= 11 is 0. The molecule has 1 N–H and O–H groups in total. The van der Waals surface area contributed by atoms with Crippen LogP contribution in [0.25, 0.3) is 0 Å². The van der Waals surface area contributed by atoms with Crippen molar-refractivity contribution in [3.63, 3.8) is 0 Å². The molecule has 1 atom stereocenters. The average molecular weight is 344 g/mol. The molecule has 1 aliphatic heterocycles. The van der Waals surface area contributed by atoms with Crippen LogP contribution in [0.5, 0.6) is 0 Å². The van der Waals surface area contributed by atoms with Crippen LogP contribution in [0.1, 0.15) is 43.0 Å². The highest BCUT2D eigenvalue weighted by atomic mass is 19.1. The number of amides is 2. The molecule has 1 aromatic carbocycles. The Kier molecular flexibility index (Phi) is 5.06. The fraction of sp³-hybridized carbons (Fsp3) is 0.474. The van der Waals surface area contributed by atoms with Crippen LogP contribution < -0.4 is 5.32 Å². The predicted octanol–water partition coefficient (Wildman–Crippen LogP) is 3.71. The second-order valence-electron chi connectivity index (χ2n) is 6.49. The Morgan fingerprint density at radius 3 is 2.76 bits per heavy atom. The summed E-state index contributed by atoms with van der Waals surface area (Å²) in [5.74, 6) is 0.622. The van der Waals surface area contributed by atoms with E-state index in [1.54, 1.807) is 15.6 Å². The number of nitrogens with one attached hydrogen (secondary N) is 1. The summed E-state index contributed by atoms with van der Waals surface area (Å²) in [5.41, 5.74) is 2.80. The fourth-order valence-electron chi connectivity index (χ4n) is 3.62. The standard InChI is InChI=1S/C19H25FN4O/c1-4-14-17(5-2)22-23(3)18(14)21-19(25)24-11-10-13(12-24)15-8-6-7-9-16(15)20/h6-9,13H,4-5,10-12H2,1-3H3,(H,21,25)/t13-/m1/s1. The molecule has 1 fully saturated rings. The summed E-state index contributed by atoms with van der Waals surface area (Å²) in [7, 11) is 1.85. The number of halogens is 1.